The van der Waals surface area contributed by atoms with Crippen molar-refractivity contribution < 1.29 is 29.6 Å². The van der Waals surface area contributed by atoms with Gasteiger partial charge in [0.05, 0.1) is 13.2 Å². The molecule has 0 aliphatic rings. The first-order valence-corrected chi connectivity index (χ1v) is 12.6. The van der Waals surface area contributed by atoms with Gasteiger partial charge in [0.25, 0.3) is 0 Å². The Bertz CT molecular complexity index is 671. The molecule has 6 nitrogen and oxygen atoms in total. The average molecular weight is 453 g/mol. The van der Waals surface area contributed by atoms with Gasteiger partial charge < -0.3 is 24.8 Å². The molecule has 0 saturated heterocycles. The van der Waals surface area contributed by atoms with Crippen molar-refractivity contribution >= 4 is 5.97 Å². The van der Waals surface area contributed by atoms with E-state index in [0.717, 1.165) is 38.5 Å². The standard InChI is InChI=1S/C26H44O6/c1-4-7-9-11-13-15-18-31-24-20(17-6-3)21(26(29)30)22(27)23(28)25(24)32-19-16-14-12-10-8-5-2/h27-28H,4-19H2,1-3H3,(H,29,30). The fraction of sp³-hybridized carbons (Fsp3) is 0.731. The minimum absolute atomic E-state index is 0.0653. The van der Waals surface area contributed by atoms with E-state index >= 15 is 0 Å². The monoisotopic (exact) mass is 452 g/mol. The van der Waals surface area contributed by atoms with Crippen LogP contribution >= 0.6 is 0 Å². The summed E-state index contributed by atoms with van der Waals surface area (Å²) >= 11 is 0. The maximum absolute atomic E-state index is 11.8. The highest BCUT2D eigenvalue weighted by atomic mass is 16.5. The SMILES string of the molecule is CCCCCCCCOc1c(O)c(O)c(C(=O)O)c(CCC)c1OCCCCCCCC. The van der Waals surface area contributed by atoms with Crippen LogP contribution in [-0.4, -0.2) is 34.5 Å². The van der Waals surface area contributed by atoms with Crippen LogP contribution in [0.1, 0.15) is 120 Å². The number of aromatic hydroxyl groups is 2. The summed E-state index contributed by atoms with van der Waals surface area (Å²) in [5.41, 5.74) is 0.0911. The minimum Gasteiger partial charge on any atom is -0.504 e. The number of carboxylic acid groups (broad SMARTS) is 1. The lowest BCUT2D eigenvalue weighted by Gasteiger charge is -2.20. The van der Waals surface area contributed by atoms with Crippen LogP contribution in [0.3, 0.4) is 0 Å². The minimum atomic E-state index is -1.28. The number of rotatable bonds is 19. The maximum Gasteiger partial charge on any atom is 0.340 e. The van der Waals surface area contributed by atoms with Crippen molar-refractivity contribution in [3.8, 4) is 23.0 Å². The molecular weight excluding hydrogens is 408 g/mol. The van der Waals surface area contributed by atoms with Crippen molar-refractivity contribution in [3.63, 3.8) is 0 Å². The van der Waals surface area contributed by atoms with Gasteiger partial charge in [0.1, 0.15) is 5.56 Å². The lowest BCUT2D eigenvalue weighted by atomic mass is 9.99. The number of carbonyl (C=O) groups is 1. The summed E-state index contributed by atoms with van der Waals surface area (Å²) in [4.78, 5) is 11.8. The van der Waals surface area contributed by atoms with E-state index in [1.165, 1.54) is 38.5 Å². The summed E-state index contributed by atoms with van der Waals surface area (Å²) in [6.45, 7) is 7.09. The maximum atomic E-state index is 11.8. The number of ether oxygens (including phenoxy) is 2. The van der Waals surface area contributed by atoms with Crippen molar-refractivity contribution in [2.24, 2.45) is 0 Å². The Morgan fingerprint density at radius 2 is 1.12 bits per heavy atom. The molecule has 0 aliphatic carbocycles. The smallest absolute Gasteiger partial charge is 0.340 e. The molecule has 0 saturated carbocycles. The lowest BCUT2D eigenvalue weighted by molar-refractivity contribution is 0.0690. The van der Waals surface area contributed by atoms with Gasteiger partial charge in [0.15, 0.2) is 11.5 Å². The topological polar surface area (TPSA) is 96.2 Å². The molecular formula is C26H44O6. The third kappa shape index (κ3) is 9.17. The van der Waals surface area contributed by atoms with E-state index in [9.17, 15) is 20.1 Å². The molecule has 0 unspecified atom stereocenters. The number of hydrogen-bond acceptors (Lipinski definition) is 5. The van der Waals surface area contributed by atoms with Crippen LogP contribution in [0.15, 0.2) is 0 Å². The van der Waals surface area contributed by atoms with Crippen LogP contribution < -0.4 is 9.47 Å². The average Bonchev–Trinajstić information content (AvgIpc) is 2.76. The first-order valence-electron chi connectivity index (χ1n) is 12.6. The summed E-state index contributed by atoms with van der Waals surface area (Å²) < 4.78 is 11.9. The van der Waals surface area contributed by atoms with Crippen molar-refractivity contribution in [1.29, 1.82) is 0 Å². The van der Waals surface area contributed by atoms with Gasteiger partial charge in [-0.1, -0.05) is 91.4 Å². The molecule has 6 heteroatoms. The number of benzene rings is 1. The number of carboxylic acids is 1. The van der Waals surface area contributed by atoms with Crippen LogP contribution in [-0.2, 0) is 6.42 Å². The molecule has 0 heterocycles. The largest absolute Gasteiger partial charge is 0.504 e. The molecule has 0 atom stereocenters. The quantitative estimate of drug-likeness (QED) is 0.151. The molecule has 3 N–H and O–H groups in total. The molecule has 0 bridgehead atoms. The van der Waals surface area contributed by atoms with Gasteiger partial charge in [0, 0.05) is 5.56 Å². The highest BCUT2D eigenvalue weighted by Crippen LogP contribution is 2.49. The van der Waals surface area contributed by atoms with Crippen LogP contribution in [0.4, 0.5) is 0 Å². The van der Waals surface area contributed by atoms with Gasteiger partial charge in [-0.25, -0.2) is 4.79 Å². The molecule has 0 amide bonds. The van der Waals surface area contributed by atoms with Crippen LogP contribution in [0.5, 0.6) is 23.0 Å². The second kappa shape index (κ2) is 16.5. The molecule has 184 valence electrons. The van der Waals surface area contributed by atoms with E-state index in [0.29, 0.717) is 31.6 Å². The van der Waals surface area contributed by atoms with Crippen molar-refractivity contribution in [2.45, 2.75) is 111 Å². The van der Waals surface area contributed by atoms with Crippen molar-refractivity contribution in [3.05, 3.63) is 11.1 Å². The number of phenols is 2. The van der Waals surface area contributed by atoms with Gasteiger partial charge in [-0.15, -0.1) is 0 Å². The van der Waals surface area contributed by atoms with E-state index < -0.39 is 17.5 Å². The zero-order chi connectivity index (χ0) is 23.8. The molecule has 1 aromatic carbocycles. The summed E-state index contributed by atoms with van der Waals surface area (Å²) in [7, 11) is 0. The van der Waals surface area contributed by atoms with Crippen molar-refractivity contribution in [1.82, 2.24) is 0 Å². The zero-order valence-corrected chi connectivity index (χ0v) is 20.4. The molecule has 0 fully saturated rings. The summed E-state index contributed by atoms with van der Waals surface area (Å²) in [6.07, 6.45) is 14.3. The Kier molecular flexibility index (Phi) is 14.4. The molecule has 32 heavy (non-hydrogen) atoms. The van der Waals surface area contributed by atoms with Gasteiger partial charge in [-0.3, -0.25) is 0 Å². The Morgan fingerprint density at radius 1 is 0.656 bits per heavy atom. The molecule has 0 aromatic heterocycles. The summed E-state index contributed by atoms with van der Waals surface area (Å²) in [6, 6.07) is 0. The van der Waals surface area contributed by atoms with Gasteiger partial charge in [0.2, 0.25) is 11.5 Å². The normalized spacial score (nSPS) is 11.0. The highest BCUT2D eigenvalue weighted by Gasteiger charge is 2.29. The molecule has 0 radical (unpaired) electrons. The Morgan fingerprint density at radius 3 is 1.59 bits per heavy atom. The third-order valence-corrected chi connectivity index (χ3v) is 5.66. The first kappa shape index (κ1) is 27.9. The lowest BCUT2D eigenvalue weighted by Crippen LogP contribution is -2.11. The number of unbranched alkanes of at least 4 members (excludes halogenated alkanes) is 10. The van der Waals surface area contributed by atoms with E-state index in [1.807, 2.05) is 6.92 Å². The summed E-state index contributed by atoms with van der Waals surface area (Å²) in [5, 5.41) is 30.6. The Labute approximate surface area is 194 Å². The second-order valence-electron chi connectivity index (χ2n) is 8.50. The summed E-state index contributed by atoms with van der Waals surface area (Å²) in [5.74, 6) is -2.15. The fourth-order valence-corrected chi connectivity index (χ4v) is 3.85. The number of aromatic carboxylic acids is 1. The van der Waals surface area contributed by atoms with E-state index in [4.69, 9.17) is 9.47 Å². The van der Waals surface area contributed by atoms with E-state index in [1.54, 1.807) is 0 Å². The Hall–Kier alpha value is -2.11. The molecule has 0 aliphatic heterocycles. The zero-order valence-electron chi connectivity index (χ0n) is 20.4. The third-order valence-electron chi connectivity index (χ3n) is 5.66. The number of hydrogen-bond donors (Lipinski definition) is 3. The highest BCUT2D eigenvalue weighted by molar-refractivity contribution is 5.96. The predicted molar refractivity (Wildman–Crippen MR) is 128 cm³/mol. The van der Waals surface area contributed by atoms with E-state index in [2.05, 4.69) is 13.8 Å². The van der Waals surface area contributed by atoms with Crippen LogP contribution in [0, 0.1) is 0 Å². The number of phenolic OH excluding ortho intramolecular Hbond substituents is 1. The molecule has 1 rings (SSSR count). The van der Waals surface area contributed by atoms with Crippen LogP contribution in [0.2, 0.25) is 0 Å². The van der Waals surface area contributed by atoms with E-state index in [-0.39, 0.29) is 17.1 Å². The fourth-order valence-electron chi connectivity index (χ4n) is 3.85. The predicted octanol–water partition coefficient (Wildman–Crippen LogP) is 7.23. The van der Waals surface area contributed by atoms with Crippen molar-refractivity contribution in [2.75, 3.05) is 13.2 Å². The van der Waals surface area contributed by atoms with Crippen LogP contribution in [0.25, 0.3) is 0 Å². The van der Waals surface area contributed by atoms with Gasteiger partial charge in [-0.05, 0) is 19.3 Å². The van der Waals surface area contributed by atoms with Gasteiger partial charge in [-0.2, -0.15) is 0 Å². The van der Waals surface area contributed by atoms with Gasteiger partial charge >= 0.3 is 5.97 Å². The Balaban J connectivity index is 2.96. The second-order valence-corrected chi connectivity index (χ2v) is 8.50. The first-order chi connectivity index (χ1) is 15.5. The molecule has 0 spiro atoms. The molecule has 1 aromatic rings.